The van der Waals surface area contributed by atoms with Crippen LogP contribution in [0, 0.1) is 0 Å². The Morgan fingerprint density at radius 2 is 2.25 bits per heavy atom. The summed E-state index contributed by atoms with van der Waals surface area (Å²) in [6, 6.07) is 1.72. The first-order chi connectivity index (χ1) is 5.77. The largest absolute Gasteiger partial charge is 0.464 e. The molecule has 0 unspecified atom stereocenters. The zero-order chi connectivity index (χ0) is 8.55. The van der Waals surface area contributed by atoms with E-state index in [1.54, 1.807) is 12.3 Å². The lowest BCUT2D eigenvalue weighted by atomic mass is 10.3. The Kier molecular flexibility index (Phi) is 1.30. The van der Waals surface area contributed by atoms with E-state index in [4.69, 9.17) is 5.11 Å². The average Bonchev–Trinajstić information content (AvgIpc) is 2.49. The van der Waals surface area contributed by atoms with Gasteiger partial charge in [0.2, 0.25) is 0 Å². The minimum atomic E-state index is -1.06. The van der Waals surface area contributed by atoms with Crippen molar-refractivity contribution in [3.8, 4) is 11.4 Å². The summed E-state index contributed by atoms with van der Waals surface area (Å²) in [6.07, 6.45) is 3.19. The molecule has 2 heterocycles. The van der Waals surface area contributed by atoms with Crippen LogP contribution >= 0.6 is 0 Å². The van der Waals surface area contributed by atoms with Crippen molar-refractivity contribution in [3.05, 3.63) is 24.8 Å². The Morgan fingerprint density at radius 1 is 1.42 bits per heavy atom. The Morgan fingerprint density at radius 3 is 3.00 bits per heavy atom. The molecule has 0 atom stereocenters. The zero-order valence-corrected chi connectivity index (χ0v) is 6.01. The van der Waals surface area contributed by atoms with E-state index in [2.05, 4.69) is 9.97 Å². The van der Waals surface area contributed by atoms with Crippen LogP contribution in [-0.4, -0.2) is 25.7 Å². The van der Waals surface area contributed by atoms with E-state index in [1.165, 1.54) is 12.5 Å². The molecule has 0 saturated carbocycles. The predicted octanol–water partition coefficient (Wildman–Crippen LogP) is 0.909. The zero-order valence-electron chi connectivity index (χ0n) is 6.01. The van der Waals surface area contributed by atoms with Gasteiger partial charge in [-0.1, -0.05) is 0 Å². The highest BCUT2D eigenvalue weighted by Crippen LogP contribution is 2.14. The van der Waals surface area contributed by atoms with Crippen molar-refractivity contribution in [2.75, 3.05) is 0 Å². The Bertz CT molecular complexity index is 396. The van der Waals surface area contributed by atoms with Crippen LogP contribution in [0.5, 0.6) is 0 Å². The number of carbonyl (C=O) groups is 1. The lowest BCUT2D eigenvalue weighted by Gasteiger charge is -2.00. The lowest BCUT2D eigenvalue weighted by molar-refractivity contribution is 0.196. The highest BCUT2D eigenvalue weighted by Gasteiger charge is 2.07. The molecule has 0 bridgehead atoms. The normalized spacial score (nSPS) is 10.3. The molecule has 0 aliphatic carbocycles. The molecule has 0 aromatic carbocycles. The van der Waals surface area contributed by atoms with Gasteiger partial charge in [-0.05, 0) is 6.07 Å². The van der Waals surface area contributed by atoms with Crippen molar-refractivity contribution in [1.29, 1.82) is 0 Å². The molecular formula is C7H5N3O2. The molecule has 5 nitrogen and oxygen atoms in total. The molecule has 2 aliphatic rings. The van der Waals surface area contributed by atoms with Gasteiger partial charge in [-0.2, -0.15) is 0 Å². The fraction of sp³-hybridized carbons (Fsp3) is 0. The molecule has 0 aromatic heterocycles. The van der Waals surface area contributed by atoms with Crippen molar-refractivity contribution in [1.82, 2.24) is 14.5 Å². The Balaban J connectivity index is 2.62. The highest BCUT2D eigenvalue weighted by molar-refractivity contribution is 5.69. The summed E-state index contributed by atoms with van der Waals surface area (Å²) in [5.41, 5.74) is 1.28. The summed E-state index contributed by atoms with van der Waals surface area (Å²) in [4.78, 5) is 18.3. The van der Waals surface area contributed by atoms with Crippen LogP contribution in [0.4, 0.5) is 4.79 Å². The van der Waals surface area contributed by atoms with Crippen molar-refractivity contribution in [3.63, 3.8) is 0 Å². The maximum atomic E-state index is 10.5. The van der Waals surface area contributed by atoms with E-state index < -0.39 is 6.09 Å². The second-order valence-electron chi connectivity index (χ2n) is 2.28. The van der Waals surface area contributed by atoms with Gasteiger partial charge in [0.05, 0.1) is 5.69 Å². The van der Waals surface area contributed by atoms with Gasteiger partial charge < -0.3 is 5.11 Å². The van der Waals surface area contributed by atoms with Crippen molar-refractivity contribution in [2.45, 2.75) is 0 Å². The van der Waals surface area contributed by atoms with Gasteiger partial charge in [0.15, 0.2) is 0 Å². The molecule has 0 radical (unpaired) electrons. The van der Waals surface area contributed by atoms with E-state index in [1.807, 2.05) is 0 Å². The third kappa shape index (κ3) is 0.914. The molecule has 0 aromatic rings. The quantitative estimate of drug-likeness (QED) is 0.626. The van der Waals surface area contributed by atoms with Gasteiger partial charge in [0.1, 0.15) is 12.0 Å². The molecule has 0 amide bonds. The Labute approximate surface area is 67.6 Å². The van der Waals surface area contributed by atoms with Crippen LogP contribution in [0.3, 0.4) is 0 Å². The van der Waals surface area contributed by atoms with Crippen molar-refractivity contribution >= 4 is 6.09 Å². The summed E-state index contributed by atoms with van der Waals surface area (Å²) >= 11 is 0. The monoisotopic (exact) mass is 163 g/mol. The second-order valence-corrected chi connectivity index (χ2v) is 2.28. The number of hydrogen-bond donors (Lipinski definition) is 1. The van der Waals surface area contributed by atoms with Crippen LogP contribution in [-0.2, 0) is 0 Å². The average molecular weight is 163 g/mol. The van der Waals surface area contributed by atoms with Gasteiger partial charge in [0, 0.05) is 12.4 Å². The molecule has 0 saturated heterocycles. The summed E-state index contributed by atoms with van der Waals surface area (Å²) in [6.45, 7) is 0. The third-order valence-electron chi connectivity index (χ3n) is 1.51. The van der Waals surface area contributed by atoms with E-state index in [0.717, 1.165) is 4.57 Å². The molecule has 2 rings (SSSR count). The number of fused-ring (bicyclic) bond motifs is 1. The number of nitrogens with zero attached hydrogens (tertiary/aromatic N) is 3. The topological polar surface area (TPSA) is 68.0 Å². The number of rotatable bonds is 0. The summed E-state index contributed by atoms with van der Waals surface area (Å²) in [7, 11) is 0. The third-order valence-corrected chi connectivity index (χ3v) is 1.51. The molecule has 1 N–H and O–H groups in total. The van der Waals surface area contributed by atoms with Crippen LogP contribution in [0.15, 0.2) is 24.8 Å². The van der Waals surface area contributed by atoms with Gasteiger partial charge in [-0.25, -0.2) is 14.3 Å². The summed E-state index contributed by atoms with van der Waals surface area (Å²) < 4.78 is 0.968. The first kappa shape index (κ1) is 6.78. The number of carboxylic acid groups (broad SMARTS) is 1. The van der Waals surface area contributed by atoms with Crippen LogP contribution in [0.2, 0.25) is 0 Å². The summed E-state index contributed by atoms with van der Waals surface area (Å²) in [5.74, 6) is 0. The van der Waals surface area contributed by atoms with Gasteiger partial charge in [0.25, 0.3) is 0 Å². The number of hydrogen-bond acceptors (Lipinski definition) is 3. The maximum Gasteiger partial charge on any atom is 0.416 e. The van der Waals surface area contributed by atoms with E-state index >= 15 is 0 Å². The SMILES string of the molecule is O=C(O)n1cnc2ccnc-2c1. The van der Waals surface area contributed by atoms with Gasteiger partial charge in [-0.3, -0.25) is 4.98 Å². The summed E-state index contributed by atoms with van der Waals surface area (Å²) in [5, 5.41) is 8.58. The van der Waals surface area contributed by atoms with Crippen molar-refractivity contribution < 1.29 is 9.90 Å². The Hall–Kier alpha value is -1.91. The van der Waals surface area contributed by atoms with E-state index in [0.29, 0.717) is 11.4 Å². The molecule has 60 valence electrons. The van der Waals surface area contributed by atoms with Crippen LogP contribution in [0.25, 0.3) is 11.4 Å². The van der Waals surface area contributed by atoms with Crippen LogP contribution < -0.4 is 0 Å². The smallest absolute Gasteiger partial charge is 0.416 e. The molecule has 5 heteroatoms. The molecule has 0 spiro atoms. The minimum absolute atomic E-state index is 0.583. The standard InChI is InChI=1S/C7H5N3O2/c11-7(12)10-3-6-5(9-4-10)1-2-8-6/h1-4H,(H,11,12). The lowest BCUT2D eigenvalue weighted by Crippen LogP contribution is -2.09. The van der Waals surface area contributed by atoms with E-state index in [-0.39, 0.29) is 0 Å². The van der Waals surface area contributed by atoms with Gasteiger partial charge >= 0.3 is 6.09 Å². The number of aromatic nitrogens is 3. The maximum absolute atomic E-state index is 10.5. The molecular weight excluding hydrogens is 158 g/mol. The predicted molar refractivity (Wildman–Crippen MR) is 40.1 cm³/mol. The minimum Gasteiger partial charge on any atom is -0.464 e. The van der Waals surface area contributed by atoms with Gasteiger partial charge in [-0.15, -0.1) is 0 Å². The molecule has 12 heavy (non-hydrogen) atoms. The van der Waals surface area contributed by atoms with Crippen molar-refractivity contribution in [2.24, 2.45) is 0 Å². The van der Waals surface area contributed by atoms with E-state index in [9.17, 15) is 4.79 Å². The highest BCUT2D eigenvalue weighted by atomic mass is 16.4. The fourth-order valence-corrected chi connectivity index (χ4v) is 0.942. The second kappa shape index (κ2) is 2.30. The van der Waals surface area contributed by atoms with Crippen LogP contribution in [0.1, 0.15) is 0 Å². The fourth-order valence-electron chi connectivity index (χ4n) is 0.942. The first-order valence-corrected chi connectivity index (χ1v) is 3.29. The first-order valence-electron chi connectivity index (χ1n) is 3.29. The molecule has 2 aliphatic heterocycles. The molecule has 0 fully saturated rings.